The van der Waals surface area contributed by atoms with Crippen molar-refractivity contribution in [3.8, 4) is 0 Å². The lowest BCUT2D eigenvalue weighted by atomic mass is 10.2. The van der Waals surface area contributed by atoms with Crippen LogP contribution in [0.15, 0.2) is 47.8 Å². The van der Waals surface area contributed by atoms with E-state index in [4.69, 9.17) is 27.9 Å². The molecule has 0 radical (unpaired) electrons. The molecule has 8 heteroatoms. The summed E-state index contributed by atoms with van der Waals surface area (Å²) in [6.45, 7) is 3.39. The molecule has 0 aliphatic carbocycles. The van der Waals surface area contributed by atoms with Crippen LogP contribution >= 0.6 is 34.5 Å². The van der Waals surface area contributed by atoms with Gasteiger partial charge in [-0.2, -0.15) is 0 Å². The van der Waals surface area contributed by atoms with Crippen molar-refractivity contribution in [1.82, 2.24) is 4.98 Å². The van der Waals surface area contributed by atoms with E-state index in [0.29, 0.717) is 15.8 Å². The first-order valence-electron chi connectivity index (χ1n) is 8.29. The number of esters is 1. The average Bonchev–Trinajstić information content (AvgIpc) is 3.10. The number of benzene rings is 2. The number of thiazole rings is 1. The number of hydrogen-bond donors (Lipinski definition) is 0. The van der Waals surface area contributed by atoms with Gasteiger partial charge in [0.25, 0.3) is 0 Å². The molecule has 1 amide bonds. The number of aryl methyl sites for hydroxylation is 1. The standard InChI is InChI=1S/C20H16Cl2N2O3S/c1-12-4-3-5-16(8-12)24(13(2)25)20-23-15(11-28-20)10-27-19(26)17-9-14(21)6-7-18(17)22/h3-9,11H,10H2,1-2H3. The summed E-state index contributed by atoms with van der Waals surface area (Å²) in [4.78, 5) is 30.4. The second-order valence-corrected chi connectivity index (χ2v) is 7.70. The summed E-state index contributed by atoms with van der Waals surface area (Å²) < 4.78 is 5.29. The van der Waals surface area contributed by atoms with Gasteiger partial charge in [-0.1, -0.05) is 35.3 Å². The van der Waals surface area contributed by atoms with Crippen LogP contribution in [0.1, 0.15) is 28.5 Å². The molecule has 0 fully saturated rings. The molecule has 0 atom stereocenters. The molecule has 0 spiro atoms. The van der Waals surface area contributed by atoms with Gasteiger partial charge >= 0.3 is 5.97 Å². The second-order valence-electron chi connectivity index (χ2n) is 6.02. The van der Waals surface area contributed by atoms with Crippen molar-refractivity contribution in [3.05, 3.63) is 74.7 Å². The van der Waals surface area contributed by atoms with Crippen LogP contribution in [0, 0.1) is 6.92 Å². The Hall–Kier alpha value is -2.41. The molecule has 0 unspecified atom stereocenters. The summed E-state index contributed by atoms with van der Waals surface area (Å²) >= 11 is 13.2. The number of carbonyl (C=O) groups is 2. The third-order valence-electron chi connectivity index (χ3n) is 3.81. The second kappa shape index (κ2) is 8.73. The summed E-state index contributed by atoms with van der Waals surface area (Å²) in [6, 6.07) is 12.2. The lowest BCUT2D eigenvalue weighted by Gasteiger charge is -2.18. The van der Waals surface area contributed by atoms with Crippen LogP contribution in [0.2, 0.25) is 10.0 Å². The van der Waals surface area contributed by atoms with Crippen molar-refractivity contribution < 1.29 is 14.3 Å². The lowest BCUT2D eigenvalue weighted by Crippen LogP contribution is -2.22. The van der Waals surface area contributed by atoms with Crippen molar-refractivity contribution in [2.75, 3.05) is 4.90 Å². The Labute approximate surface area is 176 Å². The third kappa shape index (κ3) is 4.70. The highest BCUT2D eigenvalue weighted by Crippen LogP contribution is 2.30. The topological polar surface area (TPSA) is 59.5 Å². The minimum Gasteiger partial charge on any atom is -0.456 e. The van der Waals surface area contributed by atoms with Crippen LogP contribution in [0.3, 0.4) is 0 Å². The van der Waals surface area contributed by atoms with Gasteiger partial charge in [0, 0.05) is 17.3 Å². The van der Waals surface area contributed by atoms with E-state index in [-0.39, 0.29) is 23.1 Å². The fourth-order valence-electron chi connectivity index (χ4n) is 2.53. The van der Waals surface area contributed by atoms with Gasteiger partial charge in [-0.25, -0.2) is 9.78 Å². The van der Waals surface area contributed by atoms with E-state index in [0.717, 1.165) is 11.3 Å². The minimum absolute atomic E-state index is 0.0439. The van der Waals surface area contributed by atoms with E-state index in [1.54, 1.807) is 11.4 Å². The van der Waals surface area contributed by atoms with Gasteiger partial charge in [0.1, 0.15) is 6.61 Å². The number of anilines is 2. The monoisotopic (exact) mass is 434 g/mol. The van der Waals surface area contributed by atoms with E-state index in [1.165, 1.54) is 35.3 Å². The first-order valence-corrected chi connectivity index (χ1v) is 9.92. The zero-order chi connectivity index (χ0) is 20.3. The molecule has 1 aromatic heterocycles. The number of halogens is 2. The van der Waals surface area contributed by atoms with Crippen molar-refractivity contribution in [2.45, 2.75) is 20.5 Å². The van der Waals surface area contributed by atoms with Gasteiger partial charge in [0.2, 0.25) is 5.91 Å². The molecular weight excluding hydrogens is 419 g/mol. The number of carbonyl (C=O) groups excluding carboxylic acids is 2. The summed E-state index contributed by atoms with van der Waals surface area (Å²) in [5, 5.41) is 2.90. The van der Waals surface area contributed by atoms with E-state index in [1.807, 2.05) is 31.2 Å². The van der Waals surface area contributed by atoms with Crippen LogP contribution < -0.4 is 4.90 Å². The van der Waals surface area contributed by atoms with Crippen LogP contribution in [-0.4, -0.2) is 16.9 Å². The average molecular weight is 435 g/mol. The molecule has 0 aliphatic heterocycles. The Morgan fingerprint density at radius 1 is 1.18 bits per heavy atom. The highest BCUT2D eigenvalue weighted by Gasteiger charge is 2.19. The zero-order valence-corrected chi connectivity index (χ0v) is 17.4. The van der Waals surface area contributed by atoms with Crippen LogP contribution in [0.25, 0.3) is 0 Å². The van der Waals surface area contributed by atoms with Gasteiger partial charge in [-0.05, 0) is 42.8 Å². The molecule has 0 bridgehead atoms. The summed E-state index contributed by atoms with van der Waals surface area (Å²) in [6.07, 6.45) is 0. The van der Waals surface area contributed by atoms with Crippen LogP contribution in [0.4, 0.5) is 10.8 Å². The summed E-state index contributed by atoms with van der Waals surface area (Å²) in [5.41, 5.74) is 2.49. The fraction of sp³-hybridized carbons (Fsp3) is 0.150. The van der Waals surface area contributed by atoms with E-state index in [9.17, 15) is 9.59 Å². The van der Waals surface area contributed by atoms with E-state index >= 15 is 0 Å². The largest absolute Gasteiger partial charge is 0.456 e. The maximum Gasteiger partial charge on any atom is 0.340 e. The molecule has 3 rings (SSSR count). The van der Waals surface area contributed by atoms with Gasteiger partial charge in [-0.15, -0.1) is 11.3 Å². The highest BCUT2D eigenvalue weighted by atomic mass is 35.5. The molecule has 0 saturated carbocycles. The predicted molar refractivity (Wildman–Crippen MR) is 112 cm³/mol. The molecule has 5 nitrogen and oxygen atoms in total. The van der Waals surface area contributed by atoms with Crippen molar-refractivity contribution in [2.24, 2.45) is 0 Å². The first kappa shape index (κ1) is 20.3. The van der Waals surface area contributed by atoms with Gasteiger partial charge < -0.3 is 4.74 Å². The number of aromatic nitrogens is 1. The normalized spacial score (nSPS) is 10.6. The summed E-state index contributed by atoms with van der Waals surface area (Å²) in [5.74, 6) is -0.752. The molecule has 28 heavy (non-hydrogen) atoms. The van der Waals surface area contributed by atoms with Crippen LogP contribution in [0.5, 0.6) is 0 Å². The SMILES string of the molecule is CC(=O)N(c1cccc(C)c1)c1nc(COC(=O)c2cc(Cl)ccc2Cl)cs1. The Morgan fingerprint density at radius 2 is 1.96 bits per heavy atom. The fourth-order valence-corrected chi connectivity index (χ4v) is 3.77. The van der Waals surface area contributed by atoms with Crippen LogP contribution in [-0.2, 0) is 16.1 Å². The van der Waals surface area contributed by atoms with Gasteiger partial charge in [0.15, 0.2) is 5.13 Å². The van der Waals surface area contributed by atoms with Crippen molar-refractivity contribution in [3.63, 3.8) is 0 Å². The minimum atomic E-state index is -0.593. The first-order chi connectivity index (χ1) is 13.3. The molecule has 1 heterocycles. The molecule has 0 N–H and O–H groups in total. The Balaban J connectivity index is 1.75. The summed E-state index contributed by atoms with van der Waals surface area (Å²) in [7, 11) is 0. The number of rotatable bonds is 5. The van der Waals surface area contributed by atoms with E-state index < -0.39 is 5.97 Å². The third-order valence-corrected chi connectivity index (χ3v) is 5.24. The Kier molecular flexibility index (Phi) is 6.34. The van der Waals surface area contributed by atoms with Crippen molar-refractivity contribution >= 4 is 57.2 Å². The van der Waals surface area contributed by atoms with E-state index in [2.05, 4.69) is 4.98 Å². The number of nitrogens with zero attached hydrogens (tertiary/aromatic N) is 2. The van der Waals surface area contributed by atoms with Gasteiger partial charge in [-0.3, -0.25) is 9.69 Å². The number of ether oxygens (including phenoxy) is 1. The quantitative estimate of drug-likeness (QED) is 0.476. The Morgan fingerprint density at radius 3 is 2.68 bits per heavy atom. The highest BCUT2D eigenvalue weighted by molar-refractivity contribution is 7.14. The molecular formula is C20H16Cl2N2O3S. The van der Waals surface area contributed by atoms with Crippen molar-refractivity contribution in [1.29, 1.82) is 0 Å². The maximum atomic E-state index is 12.2. The maximum absolute atomic E-state index is 12.2. The molecule has 2 aromatic carbocycles. The number of amides is 1. The lowest BCUT2D eigenvalue weighted by molar-refractivity contribution is -0.115. The number of hydrogen-bond acceptors (Lipinski definition) is 5. The predicted octanol–water partition coefficient (Wildman–Crippen LogP) is 5.80. The smallest absolute Gasteiger partial charge is 0.340 e. The van der Waals surface area contributed by atoms with Gasteiger partial charge in [0.05, 0.1) is 22.0 Å². The Bertz CT molecular complexity index is 1040. The molecule has 144 valence electrons. The molecule has 0 saturated heterocycles. The molecule has 3 aromatic rings. The zero-order valence-electron chi connectivity index (χ0n) is 15.1. The molecule has 0 aliphatic rings.